The molecule has 6 nitrogen and oxygen atoms in total. The summed E-state index contributed by atoms with van der Waals surface area (Å²) in [4.78, 5) is 12.4. The van der Waals surface area contributed by atoms with Crippen LogP contribution in [0.3, 0.4) is 0 Å². The minimum Gasteiger partial charge on any atom is -0.394 e. The molecule has 1 amide bonds. The van der Waals surface area contributed by atoms with E-state index in [-0.39, 0.29) is 0 Å². The SMILES string of the molecule is CCCCCCCCCCCCCCCCCCCCCCCCCCCCCCCCCC(O)C(=O)NC(CO)C(O)C(O)CCCCCC. The van der Waals surface area contributed by atoms with E-state index >= 15 is 0 Å². The number of unbranched alkanes of at least 4 members (excludes halogenated alkanes) is 33. The molecule has 51 heavy (non-hydrogen) atoms. The van der Waals surface area contributed by atoms with Crippen molar-refractivity contribution < 1.29 is 25.2 Å². The normalized spacial score (nSPS) is 14.1. The van der Waals surface area contributed by atoms with Gasteiger partial charge in [0.1, 0.15) is 12.2 Å². The van der Waals surface area contributed by atoms with E-state index in [1.807, 2.05) is 0 Å². The van der Waals surface area contributed by atoms with E-state index in [0.29, 0.717) is 12.8 Å². The van der Waals surface area contributed by atoms with Crippen LogP contribution in [-0.2, 0) is 4.79 Å². The number of carbonyl (C=O) groups excluding carboxylic acids is 1. The third-order valence-electron chi connectivity index (χ3n) is 11.1. The Labute approximate surface area is 318 Å². The fraction of sp³-hybridized carbons (Fsp3) is 0.978. The molecular weight excluding hydrogens is 634 g/mol. The van der Waals surface area contributed by atoms with Crippen LogP contribution in [0, 0.1) is 0 Å². The van der Waals surface area contributed by atoms with Crippen molar-refractivity contribution in [3.05, 3.63) is 0 Å². The molecule has 0 aliphatic carbocycles. The quantitative estimate of drug-likeness (QED) is 0.0402. The van der Waals surface area contributed by atoms with Crippen LogP contribution in [0.15, 0.2) is 0 Å². The van der Waals surface area contributed by atoms with Crippen molar-refractivity contribution >= 4 is 5.91 Å². The zero-order chi connectivity index (χ0) is 37.5. The van der Waals surface area contributed by atoms with Crippen molar-refractivity contribution in [2.45, 2.75) is 276 Å². The lowest BCUT2D eigenvalue weighted by Gasteiger charge is -2.27. The van der Waals surface area contributed by atoms with Crippen LogP contribution in [0.5, 0.6) is 0 Å². The van der Waals surface area contributed by atoms with Crippen LogP contribution in [0.2, 0.25) is 0 Å². The molecule has 306 valence electrons. The molecule has 0 rings (SSSR count). The third-order valence-corrected chi connectivity index (χ3v) is 11.1. The summed E-state index contributed by atoms with van der Waals surface area (Å²) < 4.78 is 0. The second kappa shape index (κ2) is 40.5. The van der Waals surface area contributed by atoms with E-state index < -0.39 is 36.9 Å². The molecule has 0 aliphatic heterocycles. The molecule has 5 N–H and O–H groups in total. The Kier molecular flexibility index (Phi) is 39.9. The van der Waals surface area contributed by atoms with Gasteiger partial charge in [0.05, 0.1) is 18.8 Å². The Morgan fingerprint density at radius 2 is 0.667 bits per heavy atom. The Morgan fingerprint density at radius 1 is 0.412 bits per heavy atom. The third kappa shape index (κ3) is 34.8. The molecule has 0 fully saturated rings. The number of aliphatic hydroxyl groups is 4. The maximum atomic E-state index is 12.4. The smallest absolute Gasteiger partial charge is 0.249 e. The van der Waals surface area contributed by atoms with Crippen LogP contribution in [0.25, 0.3) is 0 Å². The van der Waals surface area contributed by atoms with Gasteiger partial charge >= 0.3 is 0 Å². The summed E-state index contributed by atoms with van der Waals surface area (Å²) in [5, 5.41) is 43.0. The van der Waals surface area contributed by atoms with E-state index in [4.69, 9.17) is 0 Å². The first kappa shape index (κ1) is 50.3. The van der Waals surface area contributed by atoms with Crippen LogP contribution in [0.1, 0.15) is 251 Å². The molecule has 0 aliphatic rings. The first-order chi connectivity index (χ1) is 25.0. The van der Waals surface area contributed by atoms with Gasteiger partial charge in [0.2, 0.25) is 5.91 Å². The molecule has 6 heteroatoms. The van der Waals surface area contributed by atoms with Crippen LogP contribution in [0.4, 0.5) is 0 Å². The fourth-order valence-corrected chi connectivity index (χ4v) is 7.41. The summed E-state index contributed by atoms with van der Waals surface area (Å²) in [6.07, 6.45) is 43.8. The maximum absolute atomic E-state index is 12.4. The standard InChI is InChI=1S/C45H91NO5/c1-3-5-7-9-10-11-12-13-14-15-16-17-18-19-20-21-22-23-24-25-26-27-28-29-30-31-32-33-34-35-37-39-43(49)45(51)46-41(40-47)44(50)42(48)38-36-8-6-4-2/h41-44,47-50H,3-40H2,1-2H3,(H,46,51). The van der Waals surface area contributed by atoms with Gasteiger partial charge in [-0.25, -0.2) is 0 Å². The van der Waals surface area contributed by atoms with Crippen molar-refractivity contribution in [3.8, 4) is 0 Å². The fourth-order valence-electron chi connectivity index (χ4n) is 7.41. The van der Waals surface area contributed by atoms with Gasteiger partial charge in [0.15, 0.2) is 0 Å². The molecule has 0 bridgehead atoms. The monoisotopic (exact) mass is 726 g/mol. The summed E-state index contributed by atoms with van der Waals surface area (Å²) in [5.41, 5.74) is 0. The predicted octanol–water partition coefficient (Wildman–Crippen LogP) is 12.0. The highest BCUT2D eigenvalue weighted by Crippen LogP contribution is 2.17. The van der Waals surface area contributed by atoms with Gasteiger partial charge in [-0.1, -0.05) is 239 Å². The number of amides is 1. The molecule has 0 aromatic heterocycles. The second-order valence-corrected chi connectivity index (χ2v) is 16.1. The Balaban J connectivity index is 3.41. The van der Waals surface area contributed by atoms with E-state index in [0.717, 1.165) is 44.9 Å². The first-order valence-electron chi connectivity index (χ1n) is 22.9. The molecule has 0 saturated carbocycles. The predicted molar refractivity (Wildman–Crippen MR) is 219 cm³/mol. The number of rotatable bonds is 42. The number of hydrogen-bond acceptors (Lipinski definition) is 5. The van der Waals surface area contributed by atoms with Gasteiger partial charge in [-0.05, 0) is 12.8 Å². The molecule has 0 aromatic carbocycles. The molecule has 0 radical (unpaired) electrons. The molecule has 0 saturated heterocycles. The number of nitrogens with one attached hydrogen (secondary N) is 1. The first-order valence-corrected chi connectivity index (χ1v) is 22.9. The lowest BCUT2D eigenvalue weighted by Crippen LogP contribution is -2.53. The number of carbonyl (C=O) groups is 1. The summed E-state index contributed by atoms with van der Waals surface area (Å²) in [5.74, 6) is -0.586. The second-order valence-electron chi connectivity index (χ2n) is 16.1. The summed E-state index contributed by atoms with van der Waals surface area (Å²) in [7, 11) is 0. The van der Waals surface area contributed by atoms with Crippen LogP contribution in [-0.4, -0.2) is 57.3 Å². The van der Waals surface area contributed by atoms with Crippen molar-refractivity contribution in [2.75, 3.05) is 6.61 Å². The highest BCUT2D eigenvalue weighted by molar-refractivity contribution is 5.80. The minimum atomic E-state index is -1.25. The molecular formula is C45H91NO5. The average molecular weight is 726 g/mol. The average Bonchev–Trinajstić information content (AvgIpc) is 3.14. The zero-order valence-electron chi connectivity index (χ0n) is 34.4. The van der Waals surface area contributed by atoms with Gasteiger partial charge in [-0.2, -0.15) is 0 Å². The van der Waals surface area contributed by atoms with Crippen molar-refractivity contribution in [3.63, 3.8) is 0 Å². The number of hydrogen-bond donors (Lipinski definition) is 5. The van der Waals surface area contributed by atoms with Gasteiger partial charge in [-0.15, -0.1) is 0 Å². The molecule has 0 heterocycles. The topological polar surface area (TPSA) is 110 Å². The lowest BCUT2D eigenvalue weighted by molar-refractivity contribution is -0.132. The summed E-state index contributed by atoms with van der Waals surface area (Å²) in [6.45, 7) is 3.93. The summed E-state index contributed by atoms with van der Waals surface area (Å²) in [6, 6.07) is -0.975. The molecule has 4 atom stereocenters. The Bertz CT molecular complexity index is 692. The van der Waals surface area contributed by atoms with Crippen molar-refractivity contribution in [2.24, 2.45) is 0 Å². The highest BCUT2D eigenvalue weighted by atomic mass is 16.3. The van der Waals surface area contributed by atoms with Gasteiger partial charge in [0.25, 0.3) is 0 Å². The molecule has 4 unspecified atom stereocenters. The molecule has 0 aromatic rings. The summed E-state index contributed by atoms with van der Waals surface area (Å²) >= 11 is 0. The van der Waals surface area contributed by atoms with Crippen molar-refractivity contribution in [1.82, 2.24) is 5.32 Å². The number of aliphatic hydroxyl groups excluding tert-OH is 4. The largest absolute Gasteiger partial charge is 0.394 e. The van der Waals surface area contributed by atoms with Crippen LogP contribution >= 0.6 is 0 Å². The minimum absolute atomic E-state index is 0.374. The van der Waals surface area contributed by atoms with Crippen LogP contribution < -0.4 is 5.32 Å². The van der Waals surface area contributed by atoms with E-state index in [1.165, 1.54) is 180 Å². The van der Waals surface area contributed by atoms with Gasteiger partial charge in [0, 0.05) is 0 Å². The maximum Gasteiger partial charge on any atom is 0.249 e. The highest BCUT2D eigenvalue weighted by Gasteiger charge is 2.28. The van der Waals surface area contributed by atoms with E-state index in [1.54, 1.807) is 0 Å². The zero-order valence-corrected chi connectivity index (χ0v) is 34.4. The molecule has 0 spiro atoms. The van der Waals surface area contributed by atoms with Gasteiger partial charge < -0.3 is 25.7 Å². The van der Waals surface area contributed by atoms with Crippen molar-refractivity contribution in [1.29, 1.82) is 0 Å². The lowest BCUT2D eigenvalue weighted by atomic mass is 9.99. The van der Waals surface area contributed by atoms with E-state index in [2.05, 4.69) is 19.2 Å². The Hall–Kier alpha value is -0.690. The van der Waals surface area contributed by atoms with Gasteiger partial charge in [-0.3, -0.25) is 4.79 Å². The Morgan fingerprint density at radius 3 is 0.961 bits per heavy atom. The van der Waals surface area contributed by atoms with E-state index in [9.17, 15) is 25.2 Å².